The van der Waals surface area contributed by atoms with Crippen LogP contribution in [0.1, 0.15) is 16.1 Å². The normalized spacial score (nSPS) is 10.1. The van der Waals surface area contributed by atoms with E-state index in [1.165, 1.54) is 10.9 Å². The van der Waals surface area contributed by atoms with E-state index < -0.39 is 0 Å². The lowest BCUT2D eigenvalue weighted by Gasteiger charge is -2.07. The van der Waals surface area contributed by atoms with Crippen molar-refractivity contribution in [3.05, 3.63) is 53.9 Å². The van der Waals surface area contributed by atoms with E-state index in [1.807, 2.05) is 30.3 Å². The quantitative estimate of drug-likeness (QED) is 0.812. The smallest absolute Gasteiger partial charge is 0.269 e. The molecule has 1 aromatic carbocycles. The third-order valence-electron chi connectivity index (χ3n) is 3.04. The van der Waals surface area contributed by atoms with Crippen molar-refractivity contribution in [3.8, 4) is 0 Å². The van der Waals surface area contributed by atoms with Crippen LogP contribution in [0.3, 0.4) is 0 Å². The summed E-state index contributed by atoms with van der Waals surface area (Å²) in [6.07, 6.45) is 2.30. The number of nitrogens with zero attached hydrogens (tertiary/aromatic N) is 2. The first-order chi connectivity index (χ1) is 10.2. The number of hydrogen-bond donors (Lipinski definition) is 2. The van der Waals surface area contributed by atoms with E-state index in [9.17, 15) is 9.59 Å². The van der Waals surface area contributed by atoms with Crippen LogP contribution >= 0.6 is 0 Å². The number of benzene rings is 1. The van der Waals surface area contributed by atoms with Crippen LogP contribution in [0.4, 0.5) is 0 Å². The molecule has 0 spiro atoms. The summed E-state index contributed by atoms with van der Waals surface area (Å²) in [6, 6.07) is 11.5. The molecule has 0 radical (unpaired) electrons. The van der Waals surface area contributed by atoms with Gasteiger partial charge in [0.25, 0.3) is 5.91 Å². The highest BCUT2D eigenvalue weighted by Crippen LogP contribution is 1.98. The number of carbonyl (C=O) groups excluding carboxylic acids is 2. The molecule has 2 aromatic rings. The lowest BCUT2D eigenvalue weighted by molar-refractivity contribution is -0.120. The average Bonchev–Trinajstić information content (AvgIpc) is 2.92. The molecule has 1 heterocycles. The van der Waals surface area contributed by atoms with Gasteiger partial charge in [-0.1, -0.05) is 30.3 Å². The van der Waals surface area contributed by atoms with Gasteiger partial charge in [-0.3, -0.25) is 14.3 Å². The summed E-state index contributed by atoms with van der Waals surface area (Å²) in [7, 11) is 1.68. The summed E-state index contributed by atoms with van der Waals surface area (Å²) >= 11 is 0. The van der Waals surface area contributed by atoms with Crippen molar-refractivity contribution < 1.29 is 9.59 Å². The Hall–Kier alpha value is -2.63. The highest BCUT2D eigenvalue weighted by Gasteiger charge is 2.10. The summed E-state index contributed by atoms with van der Waals surface area (Å²) in [6.45, 7) is 0.503. The van der Waals surface area contributed by atoms with Gasteiger partial charge in [-0.05, 0) is 18.1 Å². The predicted octanol–water partition coefficient (Wildman–Crippen LogP) is 0.509. The minimum absolute atomic E-state index is 0.0429. The van der Waals surface area contributed by atoms with Gasteiger partial charge in [0.05, 0.1) is 6.54 Å². The molecule has 6 nitrogen and oxygen atoms in total. The van der Waals surface area contributed by atoms with Gasteiger partial charge >= 0.3 is 0 Å². The van der Waals surface area contributed by atoms with Crippen LogP contribution in [0.5, 0.6) is 0 Å². The maximum Gasteiger partial charge on any atom is 0.269 e. The van der Waals surface area contributed by atoms with E-state index in [-0.39, 0.29) is 18.4 Å². The Morgan fingerprint density at radius 2 is 1.90 bits per heavy atom. The zero-order chi connectivity index (χ0) is 15.1. The molecule has 0 bridgehead atoms. The summed E-state index contributed by atoms with van der Waals surface area (Å²) in [5, 5.41) is 9.24. The number of carbonyl (C=O) groups is 2. The minimum atomic E-state index is -0.312. The van der Waals surface area contributed by atoms with Crippen molar-refractivity contribution in [2.24, 2.45) is 7.05 Å². The van der Waals surface area contributed by atoms with Crippen LogP contribution in [0.2, 0.25) is 0 Å². The molecule has 2 amide bonds. The minimum Gasteiger partial charge on any atom is -0.354 e. The van der Waals surface area contributed by atoms with Crippen molar-refractivity contribution in [2.75, 3.05) is 13.1 Å². The van der Waals surface area contributed by atoms with Gasteiger partial charge in [-0.25, -0.2) is 0 Å². The molecule has 0 unspecified atom stereocenters. The van der Waals surface area contributed by atoms with Crippen LogP contribution in [0.15, 0.2) is 42.6 Å². The second-order valence-electron chi connectivity index (χ2n) is 4.61. The van der Waals surface area contributed by atoms with Crippen molar-refractivity contribution in [1.29, 1.82) is 0 Å². The van der Waals surface area contributed by atoms with Crippen molar-refractivity contribution in [2.45, 2.75) is 6.42 Å². The van der Waals surface area contributed by atoms with Crippen LogP contribution in [-0.2, 0) is 18.3 Å². The summed E-state index contributed by atoms with van der Waals surface area (Å²) < 4.78 is 1.46. The van der Waals surface area contributed by atoms with E-state index >= 15 is 0 Å². The standard InChI is InChI=1S/C15H18N4O2/c1-19-13(8-10-18-19)15(21)17-11-14(20)16-9-7-12-5-3-2-4-6-12/h2-6,8,10H,7,9,11H2,1H3,(H,16,20)(H,17,21). The van der Waals surface area contributed by atoms with Crippen LogP contribution in [0.25, 0.3) is 0 Å². The number of amides is 2. The van der Waals surface area contributed by atoms with Gasteiger partial charge in [0.1, 0.15) is 5.69 Å². The largest absolute Gasteiger partial charge is 0.354 e. The molecule has 0 saturated carbocycles. The molecular formula is C15H18N4O2. The van der Waals surface area contributed by atoms with Crippen LogP contribution < -0.4 is 10.6 Å². The van der Waals surface area contributed by atoms with E-state index in [1.54, 1.807) is 13.1 Å². The molecule has 2 rings (SSSR count). The first kappa shape index (κ1) is 14.8. The molecule has 0 aliphatic rings. The van der Waals surface area contributed by atoms with Gasteiger partial charge < -0.3 is 10.6 Å². The fourth-order valence-electron chi connectivity index (χ4n) is 1.90. The van der Waals surface area contributed by atoms with Crippen molar-refractivity contribution >= 4 is 11.8 Å². The molecular weight excluding hydrogens is 268 g/mol. The molecule has 6 heteroatoms. The second kappa shape index (κ2) is 7.23. The highest BCUT2D eigenvalue weighted by atomic mass is 16.2. The maximum atomic E-state index is 11.8. The molecule has 0 saturated heterocycles. The summed E-state index contributed by atoms with van der Waals surface area (Å²) in [5.41, 5.74) is 1.59. The number of aromatic nitrogens is 2. The Balaban J connectivity index is 1.68. The third kappa shape index (κ3) is 4.45. The van der Waals surface area contributed by atoms with Crippen molar-refractivity contribution in [1.82, 2.24) is 20.4 Å². The van der Waals surface area contributed by atoms with Gasteiger partial charge in [-0.15, -0.1) is 0 Å². The predicted molar refractivity (Wildman–Crippen MR) is 78.7 cm³/mol. The lowest BCUT2D eigenvalue weighted by atomic mass is 10.1. The Bertz CT molecular complexity index is 607. The number of rotatable bonds is 6. The molecule has 1 aromatic heterocycles. The number of hydrogen-bond acceptors (Lipinski definition) is 3. The van der Waals surface area contributed by atoms with Crippen molar-refractivity contribution in [3.63, 3.8) is 0 Å². The van der Waals surface area contributed by atoms with Gasteiger partial charge in [0, 0.05) is 19.8 Å². The van der Waals surface area contributed by atoms with E-state index in [0.717, 1.165) is 12.0 Å². The first-order valence-electron chi connectivity index (χ1n) is 6.73. The van der Waals surface area contributed by atoms with E-state index in [2.05, 4.69) is 15.7 Å². The first-order valence-corrected chi connectivity index (χ1v) is 6.73. The molecule has 0 aliphatic carbocycles. The second-order valence-corrected chi connectivity index (χ2v) is 4.61. The SMILES string of the molecule is Cn1nccc1C(=O)NCC(=O)NCCc1ccccc1. The Morgan fingerprint density at radius 1 is 1.14 bits per heavy atom. The van der Waals surface area contributed by atoms with Gasteiger partial charge in [0.2, 0.25) is 5.91 Å². The molecule has 2 N–H and O–H groups in total. The topological polar surface area (TPSA) is 76.0 Å². The number of aryl methyl sites for hydroxylation is 1. The van der Waals surface area contributed by atoms with Gasteiger partial charge in [0.15, 0.2) is 0 Å². The fourth-order valence-corrected chi connectivity index (χ4v) is 1.90. The molecule has 0 fully saturated rings. The summed E-state index contributed by atoms with van der Waals surface area (Å²) in [5.74, 6) is -0.519. The van der Waals surface area contributed by atoms with Crippen LogP contribution in [-0.4, -0.2) is 34.7 Å². The third-order valence-corrected chi connectivity index (χ3v) is 3.04. The summed E-state index contributed by atoms with van der Waals surface area (Å²) in [4.78, 5) is 23.4. The van der Waals surface area contributed by atoms with E-state index in [4.69, 9.17) is 0 Å². The Morgan fingerprint density at radius 3 is 2.57 bits per heavy atom. The van der Waals surface area contributed by atoms with E-state index in [0.29, 0.717) is 12.2 Å². The van der Waals surface area contributed by atoms with Crippen LogP contribution in [0, 0.1) is 0 Å². The average molecular weight is 286 g/mol. The Kier molecular flexibility index (Phi) is 5.09. The lowest BCUT2D eigenvalue weighted by Crippen LogP contribution is -2.38. The zero-order valence-corrected chi connectivity index (χ0v) is 11.9. The highest BCUT2D eigenvalue weighted by molar-refractivity contribution is 5.94. The molecule has 110 valence electrons. The zero-order valence-electron chi connectivity index (χ0n) is 11.9. The van der Waals surface area contributed by atoms with Gasteiger partial charge in [-0.2, -0.15) is 5.10 Å². The molecule has 0 atom stereocenters. The number of nitrogens with one attached hydrogen (secondary N) is 2. The monoisotopic (exact) mass is 286 g/mol. The molecule has 0 aliphatic heterocycles. The Labute approximate surface area is 123 Å². The maximum absolute atomic E-state index is 11.8. The fraction of sp³-hybridized carbons (Fsp3) is 0.267. The molecule has 21 heavy (non-hydrogen) atoms.